The van der Waals surface area contributed by atoms with Gasteiger partial charge in [0, 0.05) is 5.41 Å². The lowest BCUT2D eigenvalue weighted by Gasteiger charge is -2.30. The van der Waals surface area contributed by atoms with Crippen molar-refractivity contribution >= 4 is 0 Å². The first-order valence-corrected chi connectivity index (χ1v) is 7.35. The number of benzene rings is 2. The Labute approximate surface area is 116 Å². The van der Waals surface area contributed by atoms with Gasteiger partial charge < -0.3 is 0 Å². The average molecular weight is 250 g/mol. The molecule has 0 bridgehead atoms. The van der Waals surface area contributed by atoms with E-state index in [0.717, 1.165) is 0 Å². The molecule has 2 aromatic rings. The van der Waals surface area contributed by atoms with Crippen molar-refractivity contribution in [1.82, 2.24) is 0 Å². The summed E-state index contributed by atoms with van der Waals surface area (Å²) in [6.45, 7) is 4.33. The Bertz CT molecular complexity index is 492. The van der Waals surface area contributed by atoms with Gasteiger partial charge >= 0.3 is 0 Å². The highest BCUT2D eigenvalue weighted by Gasteiger charge is 2.36. The molecule has 0 heterocycles. The van der Waals surface area contributed by atoms with E-state index in [1.54, 1.807) is 0 Å². The van der Waals surface area contributed by atoms with Gasteiger partial charge in [0.2, 0.25) is 0 Å². The van der Waals surface area contributed by atoms with Crippen LogP contribution in [0.2, 0.25) is 0 Å². The second-order valence-electron chi connectivity index (χ2n) is 6.02. The lowest BCUT2D eigenvalue weighted by atomic mass is 9.73. The van der Waals surface area contributed by atoms with Crippen molar-refractivity contribution in [3.05, 3.63) is 70.8 Å². The Morgan fingerprint density at radius 3 is 1.37 bits per heavy atom. The first-order valence-electron chi connectivity index (χ1n) is 7.35. The Morgan fingerprint density at radius 2 is 1.00 bits per heavy atom. The lowest BCUT2D eigenvalue weighted by Crippen LogP contribution is -2.23. The molecule has 1 fully saturated rings. The van der Waals surface area contributed by atoms with Crippen molar-refractivity contribution in [3.8, 4) is 0 Å². The van der Waals surface area contributed by atoms with E-state index in [9.17, 15) is 0 Å². The summed E-state index contributed by atoms with van der Waals surface area (Å²) >= 11 is 0. The van der Waals surface area contributed by atoms with Crippen molar-refractivity contribution in [3.63, 3.8) is 0 Å². The molecular formula is C19H22. The molecule has 19 heavy (non-hydrogen) atoms. The smallest absolute Gasteiger partial charge is 0.0202 e. The van der Waals surface area contributed by atoms with Crippen LogP contribution < -0.4 is 0 Å². The van der Waals surface area contributed by atoms with Crippen molar-refractivity contribution < 1.29 is 0 Å². The molecule has 0 nitrogen and oxygen atoms in total. The molecular weight excluding hydrogens is 228 g/mol. The van der Waals surface area contributed by atoms with Gasteiger partial charge in [-0.05, 0) is 37.8 Å². The first-order chi connectivity index (χ1) is 9.21. The number of rotatable bonds is 2. The van der Waals surface area contributed by atoms with Crippen molar-refractivity contribution in [2.24, 2.45) is 0 Å². The summed E-state index contributed by atoms with van der Waals surface area (Å²) in [7, 11) is 0. The normalized spacial score (nSPS) is 17.6. The van der Waals surface area contributed by atoms with E-state index in [-0.39, 0.29) is 5.41 Å². The van der Waals surface area contributed by atoms with Gasteiger partial charge in [-0.2, -0.15) is 0 Å². The minimum atomic E-state index is 0.265. The van der Waals surface area contributed by atoms with Gasteiger partial charge in [-0.3, -0.25) is 0 Å². The van der Waals surface area contributed by atoms with E-state index in [4.69, 9.17) is 0 Å². The van der Waals surface area contributed by atoms with E-state index in [1.165, 1.54) is 47.9 Å². The molecule has 2 aromatic carbocycles. The fraction of sp³-hybridized carbons (Fsp3) is 0.368. The molecule has 0 spiro atoms. The van der Waals surface area contributed by atoms with E-state index in [1.807, 2.05) is 0 Å². The van der Waals surface area contributed by atoms with E-state index in [2.05, 4.69) is 62.4 Å². The van der Waals surface area contributed by atoms with Crippen molar-refractivity contribution in [2.45, 2.75) is 44.9 Å². The molecule has 0 amide bonds. The fourth-order valence-corrected chi connectivity index (χ4v) is 3.47. The van der Waals surface area contributed by atoms with Gasteiger partial charge in [0.15, 0.2) is 0 Å². The van der Waals surface area contributed by atoms with E-state index >= 15 is 0 Å². The van der Waals surface area contributed by atoms with Crippen LogP contribution in [0.1, 0.15) is 47.9 Å². The zero-order chi connectivity index (χ0) is 13.3. The van der Waals surface area contributed by atoms with Crippen LogP contribution in [0.4, 0.5) is 0 Å². The second kappa shape index (κ2) is 4.85. The minimum absolute atomic E-state index is 0.265. The molecule has 1 aliphatic carbocycles. The number of hydrogen-bond donors (Lipinski definition) is 0. The molecule has 98 valence electrons. The summed E-state index contributed by atoms with van der Waals surface area (Å²) < 4.78 is 0. The highest BCUT2D eigenvalue weighted by atomic mass is 14.4. The Morgan fingerprint density at radius 1 is 0.632 bits per heavy atom. The minimum Gasteiger partial charge on any atom is -0.0590 e. The Hall–Kier alpha value is -1.56. The maximum atomic E-state index is 2.33. The van der Waals surface area contributed by atoms with E-state index in [0.29, 0.717) is 0 Å². The van der Waals surface area contributed by atoms with Gasteiger partial charge in [0.25, 0.3) is 0 Å². The molecule has 1 saturated carbocycles. The van der Waals surface area contributed by atoms with Crippen LogP contribution in [0.5, 0.6) is 0 Å². The second-order valence-corrected chi connectivity index (χ2v) is 6.02. The summed E-state index contributed by atoms with van der Waals surface area (Å²) in [6.07, 6.45) is 5.28. The zero-order valence-electron chi connectivity index (χ0n) is 11.9. The zero-order valence-corrected chi connectivity index (χ0v) is 11.9. The van der Waals surface area contributed by atoms with Crippen molar-refractivity contribution in [1.29, 1.82) is 0 Å². The van der Waals surface area contributed by atoms with Crippen LogP contribution in [0.15, 0.2) is 48.5 Å². The molecule has 0 saturated heterocycles. The van der Waals surface area contributed by atoms with Crippen LogP contribution >= 0.6 is 0 Å². The molecule has 0 atom stereocenters. The standard InChI is InChI=1S/C19H22/c1-15-5-9-17(10-6-15)19(13-3-4-14-19)18-11-7-16(2)8-12-18/h5-12H,3-4,13-14H2,1-2H3. The monoisotopic (exact) mass is 250 g/mol. The highest BCUT2D eigenvalue weighted by Crippen LogP contribution is 2.46. The predicted molar refractivity (Wildman–Crippen MR) is 81.6 cm³/mol. The third-order valence-corrected chi connectivity index (χ3v) is 4.67. The molecule has 3 rings (SSSR count). The highest BCUT2D eigenvalue weighted by molar-refractivity contribution is 5.42. The van der Waals surface area contributed by atoms with Gasteiger partial charge in [-0.15, -0.1) is 0 Å². The van der Waals surface area contributed by atoms with Crippen LogP contribution in [-0.4, -0.2) is 0 Å². The topological polar surface area (TPSA) is 0 Å². The van der Waals surface area contributed by atoms with Crippen LogP contribution in [0.3, 0.4) is 0 Å². The van der Waals surface area contributed by atoms with Gasteiger partial charge in [-0.25, -0.2) is 0 Å². The number of hydrogen-bond acceptors (Lipinski definition) is 0. The predicted octanol–water partition coefficient (Wildman–Crippen LogP) is 5.16. The summed E-state index contributed by atoms with van der Waals surface area (Å²) in [5, 5.41) is 0. The van der Waals surface area contributed by atoms with Crippen LogP contribution in [-0.2, 0) is 5.41 Å². The Balaban J connectivity index is 2.08. The largest absolute Gasteiger partial charge is 0.0590 e. The summed E-state index contributed by atoms with van der Waals surface area (Å²) in [5.41, 5.74) is 5.96. The molecule has 1 aliphatic rings. The van der Waals surface area contributed by atoms with Gasteiger partial charge in [0.1, 0.15) is 0 Å². The van der Waals surface area contributed by atoms with E-state index < -0.39 is 0 Å². The van der Waals surface area contributed by atoms with Crippen LogP contribution in [0, 0.1) is 13.8 Å². The lowest BCUT2D eigenvalue weighted by molar-refractivity contribution is 0.535. The maximum absolute atomic E-state index is 2.33. The molecule has 0 radical (unpaired) electrons. The third kappa shape index (κ3) is 2.20. The summed E-state index contributed by atoms with van der Waals surface area (Å²) in [5.74, 6) is 0. The SMILES string of the molecule is Cc1ccc(C2(c3ccc(C)cc3)CCCC2)cc1. The fourth-order valence-electron chi connectivity index (χ4n) is 3.47. The van der Waals surface area contributed by atoms with Gasteiger partial charge in [0.05, 0.1) is 0 Å². The quantitative estimate of drug-likeness (QED) is 0.690. The summed E-state index contributed by atoms with van der Waals surface area (Å²) in [6, 6.07) is 18.3. The average Bonchev–Trinajstić information content (AvgIpc) is 2.91. The third-order valence-electron chi connectivity index (χ3n) is 4.67. The Kier molecular flexibility index (Phi) is 3.18. The van der Waals surface area contributed by atoms with Crippen molar-refractivity contribution in [2.75, 3.05) is 0 Å². The van der Waals surface area contributed by atoms with Crippen LogP contribution in [0.25, 0.3) is 0 Å². The molecule has 0 aliphatic heterocycles. The molecule has 0 heteroatoms. The maximum Gasteiger partial charge on any atom is 0.0202 e. The number of aryl methyl sites for hydroxylation is 2. The molecule has 0 aromatic heterocycles. The molecule has 0 N–H and O–H groups in total. The first kappa shape index (κ1) is 12.5. The molecule has 0 unspecified atom stereocenters. The summed E-state index contributed by atoms with van der Waals surface area (Å²) in [4.78, 5) is 0. The van der Waals surface area contributed by atoms with Gasteiger partial charge in [-0.1, -0.05) is 72.5 Å².